The number of amides is 1. The first-order valence-electron chi connectivity index (χ1n) is 11.7. The molecule has 3 heterocycles. The molecule has 2 aliphatic rings. The van der Waals surface area contributed by atoms with Gasteiger partial charge >= 0.3 is 0 Å². The summed E-state index contributed by atoms with van der Waals surface area (Å²) in [6.07, 6.45) is 3.36. The second kappa shape index (κ2) is 9.87. The fourth-order valence-electron chi connectivity index (χ4n) is 4.47. The van der Waals surface area contributed by atoms with Crippen molar-refractivity contribution in [3.05, 3.63) is 53.7 Å². The molecule has 10 heteroatoms. The highest BCUT2D eigenvalue weighted by Gasteiger charge is 2.23. The summed E-state index contributed by atoms with van der Waals surface area (Å²) in [7, 11) is 0. The number of aromatic hydroxyl groups is 1. The van der Waals surface area contributed by atoms with E-state index in [2.05, 4.69) is 30.8 Å². The van der Waals surface area contributed by atoms with Crippen LogP contribution in [0, 0.1) is 0 Å². The SMILES string of the molecule is O=C1Cc2cnc(Nc3ccc(O)c([OH2+])c3)nc2-c2ccc(C(O)NCCN3CCCC3)cc2N1. The highest BCUT2D eigenvalue weighted by Crippen LogP contribution is 2.35. The van der Waals surface area contributed by atoms with Crippen LogP contribution in [0.5, 0.6) is 11.5 Å². The van der Waals surface area contributed by atoms with Gasteiger partial charge in [0, 0.05) is 30.4 Å². The van der Waals surface area contributed by atoms with Crippen LogP contribution >= 0.6 is 0 Å². The van der Waals surface area contributed by atoms with E-state index in [0.717, 1.165) is 25.2 Å². The molecule has 1 saturated heterocycles. The number of anilines is 3. The van der Waals surface area contributed by atoms with Crippen molar-refractivity contribution in [1.82, 2.24) is 20.2 Å². The average molecular weight is 478 g/mol. The molecule has 10 nitrogen and oxygen atoms in total. The first-order valence-corrected chi connectivity index (χ1v) is 11.7. The molecule has 1 fully saturated rings. The Balaban J connectivity index is 1.37. The molecule has 0 aliphatic carbocycles. The molecule has 0 spiro atoms. The monoisotopic (exact) mass is 477 g/mol. The van der Waals surface area contributed by atoms with Gasteiger partial charge in [-0.05, 0) is 49.7 Å². The smallest absolute Gasteiger partial charge is 0.298 e. The van der Waals surface area contributed by atoms with E-state index in [1.807, 2.05) is 12.1 Å². The van der Waals surface area contributed by atoms with Crippen molar-refractivity contribution in [2.75, 3.05) is 36.8 Å². The van der Waals surface area contributed by atoms with E-state index >= 15 is 0 Å². The number of aliphatic hydroxyl groups excluding tert-OH is 1. The topological polar surface area (TPSA) is 146 Å². The number of hydrogen-bond donors (Lipinski definition) is 5. The molecule has 1 atom stereocenters. The third-order valence-corrected chi connectivity index (χ3v) is 6.32. The minimum atomic E-state index is -0.848. The second-order valence-corrected chi connectivity index (χ2v) is 8.86. The van der Waals surface area contributed by atoms with Gasteiger partial charge in [0.15, 0.2) is 0 Å². The Kier molecular flexibility index (Phi) is 6.49. The number of likely N-dealkylation sites (tertiary alicyclic amines) is 1. The molecule has 3 aromatic rings. The molecule has 1 unspecified atom stereocenters. The Morgan fingerprint density at radius 2 is 2.00 bits per heavy atom. The van der Waals surface area contributed by atoms with Gasteiger partial charge in [-0.1, -0.05) is 12.1 Å². The Morgan fingerprint density at radius 3 is 2.80 bits per heavy atom. The number of rotatable bonds is 7. The molecule has 0 radical (unpaired) electrons. The maximum absolute atomic E-state index is 12.5. The van der Waals surface area contributed by atoms with Crippen molar-refractivity contribution in [3.8, 4) is 22.8 Å². The van der Waals surface area contributed by atoms with Gasteiger partial charge < -0.3 is 30.9 Å². The first-order chi connectivity index (χ1) is 17.0. The fourth-order valence-corrected chi connectivity index (χ4v) is 4.47. The van der Waals surface area contributed by atoms with Crippen LogP contribution in [0.4, 0.5) is 17.3 Å². The number of phenols is 1. The summed E-state index contributed by atoms with van der Waals surface area (Å²) in [5.41, 5.74) is 3.84. The lowest BCUT2D eigenvalue weighted by molar-refractivity contribution is -0.115. The number of carbonyl (C=O) groups is 1. The second-order valence-electron chi connectivity index (χ2n) is 8.86. The Bertz CT molecular complexity index is 1240. The third-order valence-electron chi connectivity index (χ3n) is 6.32. The summed E-state index contributed by atoms with van der Waals surface area (Å²) in [6.45, 7) is 3.78. The largest absolute Gasteiger partial charge is 0.591 e. The van der Waals surface area contributed by atoms with Gasteiger partial charge in [0.05, 0.1) is 29.6 Å². The van der Waals surface area contributed by atoms with Gasteiger partial charge in [-0.15, -0.1) is 0 Å². The molecule has 0 saturated carbocycles. The molecule has 1 amide bonds. The molecule has 2 aromatic carbocycles. The number of carbonyl (C=O) groups excluding carboxylic acids is 1. The van der Waals surface area contributed by atoms with Crippen LogP contribution in [-0.4, -0.2) is 62.3 Å². The molecule has 0 bridgehead atoms. The van der Waals surface area contributed by atoms with Crippen molar-refractivity contribution < 1.29 is 20.1 Å². The zero-order valence-corrected chi connectivity index (χ0v) is 19.2. The van der Waals surface area contributed by atoms with Gasteiger partial charge in [-0.2, -0.15) is 0 Å². The summed E-state index contributed by atoms with van der Waals surface area (Å²) in [5.74, 6) is 0.00706. The van der Waals surface area contributed by atoms with Crippen LogP contribution in [0.1, 0.15) is 30.2 Å². The maximum atomic E-state index is 12.5. The summed E-state index contributed by atoms with van der Waals surface area (Å²) >= 11 is 0. The fraction of sp³-hybridized carbons (Fsp3) is 0.320. The molecule has 35 heavy (non-hydrogen) atoms. The molecule has 5 rings (SSSR count). The average Bonchev–Trinajstić information content (AvgIpc) is 3.31. The summed E-state index contributed by atoms with van der Waals surface area (Å²) in [4.78, 5) is 23.9. The number of aromatic nitrogens is 2. The van der Waals surface area contributed by atoms with Crippen molar-refractivity contribution in [1.29, 1.82) is 0 Å². The number of nitrogens with one attached hydrogen (secondary N) is 3. The molecular formula is C25H29N6O4+. The molecule has 2 aliphatic heterocycles. The number of nitrogens with zero attached hydrogens (tertiary/aromatic N) is 3. The Hall–Kier alpha value is -3.73. The number of fused-ring (bicyclic) bond motifs is 3. The van der Waals surface area contributed by atoms with E-state index in [1.54, 1.807) is 18.3 Å². The van der Waals surface area contributed by atoms with Gasteiger partial charge in [0.1, 0.15) is 6.23 Å². The predicted octanol–water partition coefficient (Wildman–Crippen LogP) is 2.20. The number of hydrogen-bond acceptors (Lipinski definition) is 8. The number of benzene rings is 2. The van der Waals surface area contributed by atoms with Gasteiger partial charge in [-0.25, -0.2) is 9.97 Å². The zero-order chi connectivity index (χ0) is 24.4. The van der Waals surface area contributed by atoms with Gasteiger partial charge in [0.25, 0.3) is 5.75 Å². The molecule has 182 valence electrons. The quantitative estimate of drug-likeness (QED) is 0.198. The number of phenolic OH excluding ortho intramolecular Hbond substituents is 1. The van der Waals surface area contributed by atoms with E-state index in [4.69, 9.17) is 5.11 Å². The van der Waals surface area contributed by atoms with Crippen LogP contribution in [0.15, 0.2) is 42.6 Å². The Morgan fingerprint density at radius 1 is 1.17 bits per heavy atom. The van der Waals surface area contributed by atoms with Crippen LogP contribution < -0.4 is 16.0 Å². The van der Waals surface area contributed by atoms with Crippen LogP contribution in [-0.2, 0) is 11.2 Å². The van der Waals surface area contributed by atoms with E-state index in [0.29, 0.717) is 40.7 Å². The summed E-state index contributed by atoms with van der Waals surface area (Å²) in [6, 6.07) is 9.99. The lowest BCUT2D eigenvalue weighted by Crippen LogP contribution is -2.32. The van der Waals surface area contributed by atoms with Crippen LogP contribution in [0.2, 0.25) is 0 Å². The lowest BCUT2D eigenvalue weighted by atomic mass is 10.0. The van der Waals surface area contributed by atoms with Crippen molar-refractivity contribution in [2.24, 2.45) is 0 Å². The highest BCUT2D eigenvalue weighted by molar-refractivity contribution is 6.00. The van der Waals surface area contributed by atoms with E-state index in [9.17, 15) is 15.0 Å². The van der Waals surface area contributed by atoms with Crippen LogP contribution in [0.3, 0.4) is 0 Å². The first kappa shape index (κ1) is 23.0. The minimum Gasteiger partial charge on any atom is -0.591 e. The lowest BCUT2D eigenvalue weighted by Gasteiger charge is -2.19. The van der Waals surface area contributed by atoms with Crippen molar-refractivity contribution in [2.45, 2.75) is 25.5 Å². The van der Waals surface area contributed by atoms with E-state index in [-0.39, 0.29) is 23.8 Å². The maximum Gasteiger partial charge on any atom is 0.298 e. The molecular weight excluding hydrogens is 448 g/mol. The van der Waals surface area contributed by atoms with E-state index in [1.165, 1.54) is 25.0 Å². The predicted molar refractivity (Wildman–Crippen MR) is 133 cm³/mol. The summed E-state index contributed by atoms with van der Waals surface area (Å²) in [5, 5.41) is 37.1. The zero-order valence-electron chi connectivity index (χ0n) is 19.2. The van der Waals surface area contributed by atoms with E-state index < -0.39 is 6.23 Å². The van der Waals surface area contributed by atoms with Gasteiger partial charge in [0.2, 0.25) is 17.6 Å². The molecule has 1 aromatic heterocycles. The van der Waals surface area contributed by atoms with Crippen LogP contribution in [0.25, 0.3) is 11.3 Å². The summed E-state index contributed by atoms with van der Waals surface area (Å²) < 4.78 is 0. The van der Waals surface area contributed by atoms with Gasteiger partial charge in [-0.3, -0.25) is 10.1 Å². The van der Waals surface area contributed by atoms with Crippen molar-refractivity contribution >= 4 is 23.2 Å². The molecule has 7 N–H and O–H groups in total. The normalized spacial score (nSPS) is 16.2. The highest BCUT2D eigenvalue weighted by atomic mass is 16.3. The third kappa shape index (κ3) is 5.19. The standard InChI is InChI=1S/C25H28N6O4/c32-20-6-4-17(13-21(20)33)28-25-27-14-16-12-22(34)29-19-11-15(3-5-18(19)23(16)30-25)24(35)26-7-10-31-8-1-2-9-31/h3-6,11,13-14,24,26,32-33,35H,1-2,7-10,12H2,(H,29,34)(H,27,28,30)/p+1. The van der Waals surface area contributed by atoms with Crippen molar-refractivity contribution in [3.63, 3.8) is 0 Å². The Labute approximate surface area is 202 Å². The minimum absolute atomic E-state index is 0.00923. The number of aliphatic hydroxyl groups is 1.